The van der Waals surface area contributed by atoms with Crippen molar-refractivity contribution in [1.29, 1.82) is 0 Å². The lowest BCUT2D eigenvalue weighted by atomic mass is 9.95. The van der Waals surface area contributed by atoms with Gasteiger partial charge in [-0.2, -0.15) is 0 Å². The number of nitrogens with zero attached hydrogens (tertiary/aromatic N) is 3. The van der Waals surface area contributed by atoms with Gasteiger partial charge in [-0.15, -0.1) is 0 Å². The van der Waals surface area contributed by atoms with Gasteiger partial charge in [0.2, 0.25) is 5.88 Å². The minimum atomic E-state index is -1.08. The number of anilines is 3. The summed E-state index contributed by atoms with van der Waals surface area (Å²) in [7, 11) is 0. The molecule has 39 heavy (non-hydrogen) atoms. The molecule has 0 spiro atoms. The van der Waals surface area contributed by atoms with Crippen molar-refractivity contribution in [2.45, 2.75) is 59.1 Å². The van der Waals surface area contributed by atoms with E-state index in [-0.39, 0.29) is 23.4 Å². The molecule has 1 aliphatic rings. The molecule has 3 amide bonds. The fourth-order valence-electron chi connectivity index (χ4n) is 4.68. The number of aryl methyl sites for hydroxylation is 1. The van der Waals surface area contributed by atoms with Crippen molar-refractivity contribution < 1.29 is 28.6 Å². The first kappa shape index (κ1) is 27.7. The van der Waals surface area contributed by atoms with Gasteiger partial charge in [0, 0.05) is 31.5 Å². The second-order valence-electron chi connectivity index (χ2n) is 10.7. The van der Waals surface area contributed by atoms with Gasteiger partial charge in [-0.3, -0.25) is 20.1 Å². The van der Waals surface area contributed by atoms with Crippen molar-refractivity contribution >= 4 is 46.5 Å². The van der Waals surface area contributed by atoms with Crippen LogP contribution in [0.15, 0.2) is 35.1 Å². The summed E-state index contributed by atoms with van der Waals surface area (Å²) in [6.07, 6.45) is 4.37. The molecule has 0 radical (unpaired) electrons. The summed E-state index contributed by atoms with van der Waals surface area (Å²) in [5.41, 5.74) is 1.96. The van der Waals surface area contributed by atoms with Gasteiger partial charge in [0.15, 0.2) is 5.58 Å². The Kier molecular flexibility index (Phi) is 7.93. The van der Waals surface area contributed by atoms with E-state index in [0.29, 0.717) is 48.4 Å². The fourth-order valence-corrected chi connectivity index (χ4v) is 4.68. The minimum absolute atomic E-state index is 0.0470. The second-order valence-corrected chi connectivity index (χ2v) is 10.7. The first-order valence-corrected chi connectivity index (χ1v) is 12.8. The molecule has 208 valence electrons. The summed E-state index contributed by atoms with van der Waals surface area (Å²) in [5.74, 6) is -0.428. The monoisotopic (exact) mass is 538 g/mol. The van der Waals surface area contributed by atoms with Crippen LogP contribution in [0.1, 0.15) is 57.0 Å². The first-order valence-electron chi connectivity index (χ1n) is 12.8. The number of rotatable bonds is 6. The quantitative estimate of drug-likeness (QED) is 0.343. The van der Waals surface area contributed by atoms with Gasteiger partial charge in [0.05, 0.1) is 17.6 Å². The maximum atomic E-state index is 13.7. The average molecular weight is 539 g/mol. The molecule has 1 aliphatic heterocycles. The maximum Gasteiger partial charge on any atom is 0.414 e. The lowest BCUT2D eigenvalue weighted by Crippen LogP contribution is -2.50. The molecular weight excluding hydrogens is 504 g/mol. The van der Waals surface area contributed by atoms with E-state index in [1.807, 2.05) is 18.7 Å². The number of carboxylic acid groups (broad SMARTS) is 1. The number of hydrogen-bond donors (Lipinski definition) is 4. The Morgan fingerprint density at radius 2 is 1.97 bits per heavy atom. The van der Waals surface area contributed by atoms with Crippen LogP contribution < -0.4 is 20.9 Å². The third kappa shape index (κ3) is 6.75. The fraction of sp³-hybridized carbons (Fsp3) is 0.444. The highest BCUT2D eigenvalue weighted by atomic mass is 16.6. The van der Waals surface area contributed by atoms with E-state index in [0.717, 1.165) is 5.56 Å². The Labute approximate surface area is 226 Å². The normalized spacial score (nSPS) is 17.5. The van der Waals surface area contributed by atoms with E-state index < -0.39 is 23.7 Å². The number of fused-ring (bicyclic) bond motifs is 1. The number of nitrogens with one attached hydrogen (secondary N) is 3. The van der Waals surface area contributed by atoms with Gasteiger partial charge in [-0.1, -0.05) is 13.8 Å². The predicted molar refractivity (Wildman–Crippen MR) is 146 cm³/mol. The van der Waals surface area contributed by atoms with Crippen LogP contribution in [0.3, 0.4) is 0 Å². The zero-order valence-corrected chi connectivity index (χ0v) is 22.7. The molecule has 12 heteroatoms. The van der Waals surface area contributed by atoms with Crippen LogP contribution in [0.25, 0.3) is 11.1 Å². The standard InChI is InChI=1S/C27H34N6O6/c1-6-16-10-20-22(29-11-16)21(24(38-20)32-26(37)39-27(3,4)5)23(34)31-18-12-28-8-7-19(18)33-13-15(2)9-17(14-33)30-25(35)36/h7-8,10-12,15,17,30H,6,9,13-14H2,1-5H3,(H,31,34)(H,32,37)(H,35,36)/t15-,17+/m1/s1. The number of carbonyl (C=O) groups excluding carboxylic acids is 2. The molecule has 1 saturated heterocycles. The third-order valence-corrected chi connectivity index (χ3v) is 6.21. The number of piperidine rings is 1. The molecule has 0 unspecified atom stereocenters. The van der Waals surface area contributed by atoms with E-state index >= 15 is 0 Å². The van der Waals surface area contributed by atoms with E-state index in [2.05, 4.69) is 25.9 Å². The van der Waals surface area contributed by atoms with Crippen molar-refractivity contribution in [2.75, 3.05) is 28.6 Å². The van der Waals surface area contributed by atoms with Gasteiger partial charge >= 0.3 is 12.2 Å². The molecule has 0 aliphatic carbocycles. The Balaban J connectivity index is 1.66. The molecule has 3 aromatic heterocycles. The topological polar surface area (TPSA) is 159 Å². The minimum Gasteiger partial charge on any atom is -0.465 e. The summed E-state index contributed by atoms with van der Waals surface area (Å²) in [6.45, 7) is 10.3. The molecule has 12 nitrogen and oxygen atoms in total. The van der Waals surface area contributed by atoms with Gasteiger partial charge in [0.1, 0.15) is 16.7 Å². The molecule has 0 saturated carbocycles. The van der Waals surface area contributed by atoms with E-state index in [4.69, 9.17) is 9.15 Å². The lowest BCUT2D eigenvalue weighted by molar-refractivity contribution is 0.0632. The van der Waals surface area contributed by atoms with Crippen molar-refractivity contribution in [3.8, 4) is 0 Å². The SMILES string of the molecule is CCc1cnc2c(C(=O)Nc3cnccc3N3C[C@H](C)C[C@H](NC(=O)O)C3)c(NC(=O)OC(C)(C)C)oc2c1. The molecule has 1 fully saturated rings. The Morgan fingerprint density at radius 1 is 1.21 bits per heavy atom. The van der Waals surface area contributed by atoms with Gasteiger partial charge < -0.3 is 29.8 Å². The largest absolute Gasteiger partial charge is 0.465 e. The summed E-state index contributed by atoms with van der Waals surface area (Å²) in [6, 6.07) is 3.28. The molecule has 4 rings (SSSR count). The number of furan rings is 1. The molecule has 3 aromatic rings. The predicted octanol–water partition coefficient (Wildman–Crippen LogP) is 4.87. The molecule has 0 aromatic carbocycles. The van der Waals surface area contributed by atoms with Crippen molar-refractivity contribution in [1.82, 2.24) is 15.3 Å². The van der Waals surface area contributed by atoms with Crippen molar-refractivity contribution in [3.63, 3.8) is 0 Å². The van der Waals surface area contributed by atoms with Crippen LogP contribution >= 0.6 is 0 Å². The number of hydrogen-bond acceptors (Lipinski definition) is 8. The van der Waals surface area contributed by atoms with Crippen molar-refractivity contribution in [2.24, 2.45) is 5.92 Å². The third-order valence-electron chi connectivity index (χ3n) is 6.21. The number of amides is 3. The Hall–Kier alpha value is -4.35. The van der Waals surface area contributed by atoms with E-state index in [9.17, 15) is 19.5 Å². The van der Waals surface area contributed by atoms with Crippen molar-refractivity contribution in [3.05, 3.63) is 41.9 Å². The maximum absolute atomic E-state index is 13.7. The van der Waals surface area contributed by atoms with Crippen LogP contribution in [-0.2, 0) is 11.2 Å². The highest BCUT2D eigenvalue weighted by Crippen LogP contribution is 2.33. The summed E-state index contributed by atoms with van der Waals surface area (Å²) in [4.78, 5) is 48.1. The number of carbonyl (C=O) groups is 3. The number of aromatic nitrogens is 2. The highest BCUT2D eigenvalue weighted by Gasteiger charge is 2.30. The molecule has 4 N–H and O–H groups in total. The van der Waals surface area contributed by atoms with Crippen LogP contribution in [0, 0.1) is 5.92 Å². The zero-order valence-electron chi connectivity index (χ0n) is 22.7. The molecule has 4 heterocycles. The second kappa shape index (κ2) is 11.2. The van der Waals surface area contributed by atoms with Crippen LogP contribution in [0.4, 0.5) is 26.8 Å². The zero-order chi connectivity index (χ0) is 28.3. The van der Waals surface area contributed by atoms with Crippen LogP contribution in [0.2, 0.25) is 0 Å². The van der Waals surface area contributed by atoms with Crippen LogP contribution in [0.5, 0.6) is 0 Å². The number of pyridine rings is 2. The highest BCUT2D eigenvalue weighted by molar-refractivity contribution is 6.16. The van der Waals surface area contributed by atoms with Gasteiger partial charge in [-0.05, 0) is 57.2 Å². The smallest absolute Gasteiger partial charge is 0.414 e. The summed E-state index contributed by atoms with van der Waals surface area (Å²) < 4.78 is 11.2. The number of ether oxygens (including phenoxy) is 1. The summed E-state index contributed by atoms with van der Waals surface area (Å²) in [5, 5.41) is 17.2. The molecule has 2 atom stereocenters. The molecular formula is C27H34N6O6. The Morgan fingerprint density at radius 3 is 2.67 bits per heavy atom. The van der Waals surface area contributed by atoms with Crippen LogP contribution in [-0.4, -0.2) is 57.9 Å². The Bertz CT molecular complexity index is 1380. The lowest BCUT2D eigenvalue weighted by Gasteiger charge is -2.38. The first-order chi connectivity index (χ1) is 18.4. The van der Waals surface area contributed by atoms with Gasteiger partial charge in [-0.25, -0.2) is 9.59 Å². The average Bonchev–Trinajstić information content (AvgIpc) is 3.19. The van der Waals surface area contributed by atoms with E-state index in [1.54, 1.807) is 45.3 Å². The summed E-state index contributed by atoms with van der Waals surface area (Å²) >= 11 is 0. The molecule has 0 bridgehead atoms. The van der Waals surface area contributed by atoms with Gasteiger partial charge in [0.25, 0.3) is 5.91 Å². The van der Waals surface area contributed by atoms with E-state index in [1.165, 1.54) is 6.20 Å².